The van der Waals surface area contributed by atoms with Crippen molar-refractivity contribution in [1.29, 1.82) is 0 Å². The number of benzene rings is 2. The number of nitrogens with zero attached hydrogens (tertiary/aromatic N) is 3. The van der Waals surface area contributed by atoms with Crippen LogP contribution < -0.4 is 5.56 Å². The van der Waals surface area contributed by atoms with E-state index in [0.717, 1.165) is 4.68 Å². The van der Waals surface area contributed by atoms with Crippen molar-refractivity contribution in [3.05, 3.63) is 76.3 Å². The molecule has 0 saturated heterocycles. The zero-order chi connectivity index (χ0) is 18.0. The lowest BCUT2D eigenvalue weighted by Crippen LogP contribution is -2.27. The first-order chi connectivity index (χ1) is 12.0. The van der Waals surface area contributed by atoms with E-state index in [1.807, 2.05) is 6.07 Å². The molecule has 124 valence electrons. The Morgan fingerprint density at radius 3 is 2.08 bits per heavy atom. The van der Waals surface area contributed by atoms with E-state index < -0.39 is 5.56 Å². The van der Waals surface area contributed by atoms with Crippen molar-refractivity contribution in [3.8, 4) is 16.9 Å². The van der Waals surface area contributed by atoms with Crippen molar-refractivity contribution >= 4 is 11.6 Å². The summed E-state index contributed by atoms with van der Waals surface area (Å²) in [4.78, 5) is 40.1. The maximum absolute atomic E-state index is 12.8. The van der Waals surface area contributed by atoms with Crippen molar-refractivity contribution in [1.82, 2.24) is 14.8 Å². The summed E-state index contributed by atoms with van der Waals surface area (Å²) in [7, 11) is 0. The van der Waals surface area contributed by atoms with Crippen molar-refractivity contribution in [2.24, 2.45) is 0 Å². The Bertz CT molecular complexity index is 1010. The molecule has 0 fully saturated rings. The molecule has 1 heterocycles. The van der Waals surface area contributed by atoms with Crippen LogP contribution in [0.3, 0.4) is 0 Å². The molecule has 0 aliphatic heterocycles. The first-order valence-corrected chi connectivity index (χ1v) is 7.66. The minimum atomic E-state index is -0.438. The second-order valence-corrected chi connectivity index (χ2v) is 5.53. The van der Waals surface area contributed by atoms with Crippen LogP contribution in [-0.4, -0.2) is 26.3 Å². The number of carbonyl (C=O) groups excluding carboxylic acids is 2. The Hall–Kier alpha value is -3.41. The molecule has 3 aromatic rings. The molecule has 0 spiro atoms. The predicted molar refractivity (Wildman–Crippen MR) is 93.1 cm³/mol. The molecule has 0 aliphatic carbocycles. The van der Waals surface area contributed by atoms with Crippen molar-refractivity contribution in [2.75, 3.05) is 0 Å². The van der Waals surface area contributed by atoms with Gasteiger partial charge in [0.15, 0.2) is 11.6 Å². The van der Waals surface area contributed by atoms with Crippen molar-refractivity contribution in [2.45, 2.75) is 13.8 Å². The molecule has 6 nitrogen and oxygen atoms in total. The highest BCUT2D eigenvalue weighted by Gasteiger charge is 2.16. The third-order valence-electron chi connectivity index (χ3n) is 3.69. The van der Waals surface area contributed by atoms with Crippen molar-refractivity contribution < 1.29 is 9.59 Å². The van der Waals surface area contributed by atoms with E-state index in [2.05, 4.69) is 10.1 Å². The zero-order valence-electron chi connectivity index (χ0n) is 13.8. The summed E-state index contributed by atoms with van der Waals surface area (Å²) in [5.41, 5.74) is 1.30. The average molecular weight is 333 g/mol. The molecule has 6 heteroatoms. The fraction of sp³-hybridized carbons (Fsp3) is 0.105. The highest BCUT2D eigenvalue weighted by molar-refractivity contribution is 5.94. The molecule has 0 aliphatic rings. The van der Waals surface area contributed by atoms with Crippen LogP contribution in [-0.2, 0) is 0 Å². The van der Waals surface area contributed by atoms with E-state index in [4.69, 9.17) is 0 Å². The first-order valence-electron chi connectivity index (χ1n) is 7.66. The molecule has 0 radical (unpaired) electrons. The Labute approximate surface area is 143 Å². The lowest BCUT2D eigenvalue weighted by molar-refractivity contribution is 0.0997. The van der Waals surface area contributed by atoms with E-state index in [9.17, 15) is 14.4 Å². The second-order valence-electron chi connectivity index (χ2n) is 5.53. The Morgan fingerprint density at radius 2 is 1.52 bits per heavy atom. The maximum Gasteiger partial charge on any atom is 0.298 e. The predicted octanol–water partition coefficient (Wildman–Crippen LogP) is 2.70. The summed E-state index contributed by atoms with van der Waals surface area (Å²) >= 11 is 0. The lowest BCUT2D eigenvalue weighted by atomic mass is 10.1. The average Bonchev–Trinajstić information content (AvgIpc) is 2.62. The van der Waals surface area contributed by atoms with Gasteiger partial charge in [-0.2, -0.15) is 4.68 Å². The smallest absolute Gasteiger partial charge is 0.295 e. The van der Waals surface area contributed by atoms with Gasteiger partial charge in [-0.25, -0.2) is 4.98 Å². The second kappa shape index (κ2) is 6.60. The highest BCUT2D eigenvalue weighted by atomic mass is 16.1. The molecule has 1 aromatic heterocycles. The molecule has 0 atom stereocenters. The van der Waals surface area contributed by atoms with Gasteiger partial charge in [0.25, 0.3) is 5.56 Å². The lowest BCUT2D eigenvalue weighted by Gasteiger charge is -2.09. The van der Waals surface area contributed by atoms with Gasteiger partial charge in [-0.15, -0.1) is 5.10 Å². The molecule has 0 bridgehead atoms. The first kappa shape index (κ1) is 16.4. The van der Waals surface area contributed by atoms with Crippen LogP contribution in [0.2, 0.25) is 0 Å². The van der Waals surface area contributed by atoms with E-state index in [0.29, 0.717) is 16.8 Å². The van der Waals surface area contributed by atoms with Gasteiger partial charge in [-0.05, 0) is 31.2 Å². The van der Waals surface area contributed by atoms with Gasteiger partial charge in [0, 0.05) is 18.1 Å². The van der Waals surface area contributed by atoms with E-state index in [-0.39, 0.29) is 23.1 Å². The molecule has 0 amide bonds. The Balaban J connectivity index is 2.22. The van der Waals surface area contributed by atoms with Crippen LogP contribution >= 0.6 is 0 Å². The monoisotopic (exact) mass is 333 g/mol. The molecular formula is C19H15N3O3. The number of hydrogen-bond acceptors (Lipinski definition) is 5. The van der Waals surface area contributed by atoms with Crippen molar-refractivity contribution in [3.63, 3.8) is 0 Å². The van der Waals surface area contributed by atoms with E-state index in [1.54, 1.807) is 48.5 Å². The van der Waals surface area contributed by atoms with Crippen LogP contribution in [0.5, 0.6) is 0 Å². The number of aromatic nitrogens is 3. The van der Waals surface area contributed by atoms with Gasteiger partial charge >= 0.3 is 0 Å². The van der Waals surface area contributed by atoms with Crippen LogP contribution in [0.4, 0.5) is 0 Å². The zero-order valence-corrected chi connectivity index (χ0v) is 13.8. The SMILES string of the molecule is CC(=O)c1ccc(-n2nc(C(C)=O)nc(-c3ccccc3)c2=O)cc1. The fourth-order valence-corrected chi connectivity index (χ4v) is 2.36. The molecule has 25 heavy (non-hydrogen) atoms. The molecular weight excluding hydrogens is 318 g/mol. The molecule has 2 aromatic carbocycles. The van der Waals surface area contributed by atoms with Crippen LogP contribution in [0.15, 0.2) is 59.4 Å². The molecule has 0 saturated carbocycles. The fourth-order valence-electron chi connectivity index (χ4n) is 2.36. The number of rotatable bonds is 4. The van der Waals surface area contributed by atoms with Crippen LogP contribution in [0.25, 0.3) is 16.9 Å². The normalized spacial score (nSPS) is 10.5. The number of carbonyl (C=O) groups is 2. The largest absolute Gasteiger partial charge is 0.298 e. The summed E-state index contributed by atoms with van der Waals surface area (Å²) in [5.74, 6) is -0.462. The molecule has 3 rings (SSSR count). The molecule has 0 N–H and O–H groups in total. The third kappa shape index (κ3) is 3.28. The van der Waals surface area contributed by atoms with Gasteiger partial charge in [0.05, 0.1) is 5.69 Å². The van der Waals surface area contributed by atoms with Crippen LogP contribution in [0.1, 0.15) is 34.8 Å². The third-order valence-corrected chi connectivity index (χ3v) is 3.69. The summed E-state index contributed by atoms with van der Waals surface area (Å²) in [6.45, 7) is 2.81. The minimum absolute atomic E-state index is 0.0471. The quantitative estimate of drug-likeness (QED) is 0.686. The number of ketones is 2. The number of hydrogen-bond donors (Lipinski definition) is 0. The van der Waals surface area contributed by atoms with Crippen LogP contribution in [0, 0.1) is 0 Å². The summed E-state index contributed by atoms with van der Waals surface area (Å²) in [6, 6.07) is 15.4. The Morgan fingerprint density at radius 1 is 0.880 bits per heavy atom. The van der Waals surface area contributed by atoms with E-state index >= 15 is 0 Å². The molecule has 0 unspecified atom stereocenters. The van der Waals surface area contributed by atoms with Gasteiger partial charge in [-0.1, -0.05) is 30.3 Å². The summed E-state index contributed by atoms with van der Waals surface area (Å²) in [5, 5.41) is 4.06. The van der Waals surface area contributed by atoms with E-state index in [1.165, 1.54) is 13.8 Å². The Kier molecular flexibility index (Phi) is 4.35. The maximum atomic E-state index is 12.8. The van der Waals surface area contributed by atoms with Gasteiger partial charge in [0.2, 0.25) is 5.82 Å². The topological polar surface area (TPSA) is 81.9 Å². The van der Waals surface area contributed by atoms with Gasteiger partial charge < -0.3 is 0 Å². The standard InChI is InChI=1S/C19H15N3O3/c1-12(23)14-8-10-16(11-9-14)22-19(25)17(15-6-4-3-5-7-15)20-18(21-22)13(2)24/h3-11H,1-2H3. The summed E-state index contributed by atoms with van der Waals surface area (Å²) < 4.78 is 1.13. The van der Waals surface area contributed by atoms with Gasteiger partial charge in [-0.3, -0.25) is 14.4 Å². The highest BCUT2D eigenvalue weighted by Crippen LogP contribution is 2.14. The number of Topliss-reactive ketones (excluding diaryl/α,β-unsaturated/α-hetero) is 2. The summed E-state index contributed by atoms with van der Waals surface area (Å²) in [6.07, 6.45) is 0. The minimum Gasteiger partial charge on any atom is -0.295 e. The van der Waals surface area contributed by atoms with Gasteiger partial charge in [0.1, 0.15) is 5.69 Å².